The highest BCUT2D eigenvalue weighted by molar-refractivity contribution is 7.80. The van der Waals surface area contributed by atoms with Crippen LogP contribution in [0, 0.1) is 5.92 Å². The van der Waals surface area contributed by atoms with Gasteiger partial charge in [-0.1, -0.05) is 19.1 Å². The molecule has 4 nitrogen and oxygen atoms in total. The predicted octanol–water partition coefficient (Wildman–Crippen LogP) is 0.402. The molecule has 2 unspecified atom stereocenters. The number of thiocarbonyl (C=S) groups is 1. The van der Waals surface area contributed by atoms with E-state index < -0.39 is 6.10 Å². The molecule has 5 heteroatoms. The molecule has 0 aromatic carbocycles. The number of carbonyl (C=O) groups excluding carboxylic acids is 1. The van der Waals surface area contributed by atoms with Crippen LogP contribution < -0.4 is 5.73 Å². The number of rotatable bonds is 5. The standard InChI is InChI=1S/C9H18N2O2S/c1-6(8(10)14)5-11(3)9(12)7(2)13-4/h6-7H,5H2,1-4H3,(H2,10,14). The van der Waals surface area contributed by atoms with Crippen molar-refractivity contribution in [2.45, 2.75) is 20.0 Å². The number of amides is 1. The van der Waals surface area contributed by atoms with Gasteiger partial charge in [-0.3, -0.25) is 4.79 Å². The molecule has 0 aliphatic rings. The van der Waals surface area contributed by atoms with Crippen molar-refractivity contribution in [3.63, 3.8) is 0 Å². The Kier molecular flexibility index (Phi) is 5.64. The number of likely N-dealkylation sites (N-methyl/N-ethyl adjacent to an activating group) is 1. The maximum Gasteiger partial charge on any atom is 0.251 e. The van der Waals surface area contributed by atoms with E-state index in [1.54, 1.807) is 18.9 Å². The molecule has 0 rings (SSSR count). The summed E-state index contributed by atoms with van der Waals surface area (Å²) in [5.41, 5.74) is 5.46. The van der Waals surface area contributed by atoms with Crippen LogP contribution in [0.3, 0.4) is 0 Å². The lowest BCUT2D eigenvalue weighted by Gasteiger charge is -2.23. The maximum absolute atomic E-state index is 11.5. The first-order valence-corrected chi connectivity index (χ1v) is 4.88. The normalized spacial score (nSPS) is 14.6. The molecule has 0 aliphatic heterocycles. The van der Waals surface area contributed by atoms with Crippen molar-refractivity contribution in [2.75, 3.05) is 20.7 Å². The molecule has 0 fully saturated rings. The number of carbonyl (C=O) groups is 1. The van der Waals surface area contributed by atoms with Crippen LogP contribution in [0.4, 0.5) is 0 Å². The molecule has 0 radical (unpaired) electrons. The molecule has 14 heavy (non-hydrogen) atoms. The van der Waals surface area contributed by atoms with Crippen molar-refractivity contribution in [2.24, 2.45) is 11.7 Å². The van der Waals surface area contributed by atoms with Gasteiger partial charge >= 0.3 is 0 Å². The van der Waals surface area contributed by atoms with Crippen molar-refractivity contribution >= 4 is 23.1 Å². The predicted molar refractivity (Wildman–Crippen MR) is 60.1 cm³/mol. The summed E-state index contributed by atoms with van der Waals surface area (Å²) in [5, 5.41) is 0. The molecular weight excluding hydrogens is 200 g/mol. The highest BCUT2D eigenvalue weighted by atomic mass is 32.1. The van der Waals surface area contributed by atoms with Crippen LogP contribution in [-0.4, -0.2) is 42.6 Å². The van der Waals surface area contributed by atoms with Crippen molar-refractivity contribution in [1.82, 2.24) is 4.90 Å². The summed E-state index contributed by atoms with van der Waals surface area (Å²) in [6.45, 7) is 4.13. The highest BCUT2D eigenvalue weighted by Crippen LogP contribution is 2.02. The molecule has 82 valence electrons. The Morgan fingerprint density at radius 1 is 1.57 bits per heavy atom. The van der Waals surface area contributed by atoms with E-state index in [2.05, 4.69) is 0 Å². The fourth-order valence-corrected chi connectivity index (χ4v) is 1.08. The minimum atomic E-state index is -0.418. The monoisotopic (exact) mass is 218 g/mol. The molecule has 1 amide bonds. The van der Waals surface area contributed by atoms with Crippen LogP contribution >= 0.6 is 12.2 Å². The summed E-state index contributed by atoms with van der Waals surface area (Å²) < 4.78 is 4.92. The Morgan fingerprint density at radius 3 is 2.43 bits per heavy atom. The van der Waals surface area contributed by atoms with Gasteiger partial charge in [0.1, 0.15) is 6.10 Å². The molecule has 2 N–H and O–H groups in total. The van der Waals surface area contributed by atoms with E-state index >= 15 is 0 Å². The van der Waals surface area contributed by atoms with Gasteiger partial charge < -0.3 is 15.4 Å². The average Bonchev–Trinajstić information content (AvgIpc) is 2.14. The van der Waals surface area contributed by atoms with Crippen LogP contribution in [-0.2, 0) is 9.53 Å². The zero-order valence-electron chi connectivity index (χ0n) is 9.11. The smallest absolute Gasteiger partial charge is 0.251 e. The molecule has 2 atom stereocenters. The SMILES string of the molecule is COC(C)C(=O)N(C)CC(C)C(N)=S. The number of hydrogen-bond donors (Lipinski definition) is 1. The van der Waals surface area contributed by atoms with Gasteiger partial charge in [-0.25, -0.2) is 0 Å². The number of nitrogens with zero attached hydrogens (tertiary/aromatic N) is 1. The minimum Gasteiger partial charge on any atom is -0.393 e. The van der Waals surface area contributed by atoms with Gasteiger partial charge in [0, 0.05) is 26.6 Å². The van der Waals surface area contributed by atoms with Gasteiger partial charge in [0.25, 0.3) is 5.91 Å². The van der Waals surface area contributed by atoms with Gasteiger partial charge in [0.2, 0.25) is 0 Å². The molecule has 0 aliphatic carbocycles. The zero-order valence-corrected chi connectivity index (χ0v) is 9.93. The molecule has 0 bridgehead atoms. The van der Waals surface area contributed by atoms with Gasteiger partial charge in [0.05, 0.1) is 4.99 Å². The van der Waals surface area contributed by atoms with Crippen molar-refractivity contribution in [3.05, 3.63) is 0 Å². The largest absolute Gasteiger partial charge is 0.393 e. The second-order valence-electron chi connectivity index (χ2n) is 3.40. The molecule has 0 aromatic heterocycles. The van der Waals surface area contributed by atoms with Gasteiger partial charge in [0.15, 0.2) is 0 Å². The van der Waals surface area contributed by atoms with E-state index in [1.165, 1.54) is 7.11 Å². The third-order valence-corrected chi connectivity index (χ3v) is 2.51. The number of hydrogen-bond acceptors (Lipinski definition) is 3. The van der Waals surface area contributed by atoms with Crippen LogP contribution in [0.15, 0.2) is 0 Å². The second kappa shape index (κ2) is 5.93. The molecule has 0 heterocycles. The van der Waals surface area contributed by atoms with E-state index in [0.29, 0.717) is 11.5 Å². The quantitative estimate of drug-likeness (QED) is 0.679. The van der Waals surface area contributed by atoms with Crippen LogP contribution in [0.1, 0.15) is 13.8 Å². The van der Waals surface area contributed by atoms with Crippen LogP contribution in [0.5, 0.6) is 0 Å². The van der Waals surface area contributed by atoms with E-state index in [4.69, 9.17) is 22.7 Å². The van der Waals surface area contributed by atoms with Gasteiger partial charge in [-0.15, -0.1) is 0 Å². The third-order valence-electron chi connectivity index (χ3n) is 2.11. The highest BCUT2D eigenvalue weighted by Gasteiger charge is 2.19. The summed E-state index contributed by atoms with van der Waals surface area (Å²) >= 11 is 4.83. The lowest BCUT2D eigenvalue weighted by Crippen LogP contribution is -2.40. The van der Waals surface area contributed by atoms with Gasteiger partial charge in [-0.05, 0) is 6.92 Å². The van der Waals surface area contributed by atoms with Crippen molar-refractivity contribution < 1.29 is 9.53 Å². The maximum atomic E-state index is 11.5. The Morgan fingerprint density at radius 2 is 2.07 bits per heavy atom. The summed E-state index contributed by atoms with van der Waals surface area (Å²) in [5.74, 6) is -0.0291. The summed E-state index contributed by atoms with van der Waals surface area (Å²) in [6, 6.07) is 0. The Hall–Kier alpha value is -0.680. The van der Waals surface area contributed by atoms with E-state index in [1.807, 2.05) is 6.92 Å². The molecule has 0 aromatic rings. The lowest BCUT2D eigenvalue weighted by molar-refractivity contribution is -0.139. The third kappa shape index (κ3) is 4.02. The molecule has 0 saturated heterocycles. The average molecular weight is 218 g/mol. The first-order valence-electron chi connectivity index (χ1n) is 4.47. The van der Waals surface area contributed by atoms with Crippen LogP contribution in [0.2, 0.25) is 0 Å². The summed E-state index contributed by atoms with van der Waals surface area (Å²) in [6.07, 6.45) is -0.418. The summed E-state index contributed by atoms with van der Waals surface area (Å²) in [4.78, 5) is 13.6. The Labute approximate surface area is 90.4 Å². The number of methoxy groups -OCH3 is 1. The number of nitrogens with two attached hydrogens (primary N) is 1. The number of ether oxygens (including phenoxy) is 1. The van der Waals surface area contributed by atoms with E-state index in [-0.39, 0.29) is 11.8 Å². The fourth-order valence-electron chi connectivity index (χ4n) is 1.00. The topological polar surface area (TPSA) is 55.6 Å². The van der Waals surface area contributed by atoms with Crippen molar-refractivity contribution in [1.29, 1.82) is 0 Å². The van der Waals surface area contributed by atoms with Crippen molar-refractivity contribution in [3.8, 4) is 0 Å². The molecule has 0 spiro atoms. The Balaban J connectivity index is 4.14. The minimum absolute atomic E-state index is 0.0306. The van der Waals surface area contributed by atoms with Gasteiger partial charge in [-0.2, -0.15) is 0 Å². The second-order valence-corrected chi connectivity index (χ2v) is 3.87. The lowest BCUT2D eigenvalue weighted by atomic mass is 10.1. The molecule has 0 saturated carbocycles. The molecular formula is C9H18N2O2S. The summed E-state index contributed by atoms with van der Waals surface area (Å²) in [7, 11) is 3.22. The van der Waals surface area contributed by atoms with E-state index in [9.17, 15) is 4.79 Å². The first-order chi connectivity index (χ1) is 6.40. The van der Waals surface area contributed by atoms with E-state index in [0.717, 1.165) is 0 Å². The fraction of sp³-hybridized carbons (Fsp3) is 0.778. The Bertz CT molecular complexity index is 221. The van der Waals surface area contributed by atoms with Crippen LogP contribution in [0.25, 0.3) is 0 Å². The zero-order chi connectivity index (χ0) is 11.3. The first kappa shape index (κ1) is 13.3.